The summed E-state index contributed by atoms with van der Waals surface area (Å²) >= 11 is 0. The molecule has 7 heteroatoms. The van der Waals surface area contributed by atoms with Crippen molar-refractivity contribution in [2.24, 2.45) is 5.73 Å². The van der Waals surface area contributed by atoms with Crippen LogP contribution >= 0.6 is 0 Å². The highest BCUT2D eigenvalue weighted by molar-refractivity contribution is 6.60. The Bertz CT molecular complexity index is 446. The van der Waals surface area contributed by atoms with E-state index in [4.69, 9.17) is 19.5 Å². The second-order valence-corrected chi connectivity index (χ2v) is 5.69. The van der Waals surface area contributed by atoms with E-state index in [9.17, 15) is 8.78 Å². The zero-order valence-corrected chi connectivity index (χ0v) is 11.4. The van der Waals surface area contributed by atoms with Gasteiger partial charge >= 0.3 is 7.12 Å². The molecule has 0 spiro atoms. The maximum atomic E-state index is 12.5. The molecule has 1 fully saturated rings. The van der Waals surface area contributed by atoms with Gasteiger partial charge in [0.15, 0.2) is 0 Å². The fourth-order valence-electron chi connectivity index (χ4n) is 1.76. The molecular weight excluding hydrogens is 255 g/mol. The predicted molar refractivity (Wildman–Crippen MR) is 67.4 cm³/mol. The summed E-state index contributed by atoms with van der Waals surface area (Å²) in [4.78, 5) is 0. The molecule has 1 aliphatic rings. The number of furan rings is 1. The Morgan fingerprint density at radius 1 is 1.11 bits per heavy atom. The Morgan fingerprint density at radius 3 is 2.11 bits per heavy atom. The first-order valence-corrected chi connectivity index (χ1v) is 6.13. The highest BCUT2D eigenvalue weighted by Gasteiger charge is 2.53. The Hall–Kier alpha value is -0.915. The van der Waals surface area contributed by atoms with E-state index in [-0.39, 0.29) is 5.76 Å². The molecule has 0 aromatic carbocycles. The number of nitrogens with two attached hydrogens (primary N) is 1. The molecule has 1 unspecified atom stereocenters. The highest BCUT2D eigenvalue weighted by atomic mass is 19.3. The molecule has 0 bridgehead atoms. The average molecular weight is 273 g/mol. The zero-order valence-electron chi connectivity index (χ0n) is 11.4. The van der Waals surface area contributed by atoms with Crippen LogP contribution in [0, 0.1) is 0 Å². The van der Waals surface area contributed by atoms with E-state index in [2.05, 4.69) is 0 Å². The van der Waals surface area contributed by atoms with Crippen LogP contribution in [0.3, 0.4) is 0 Å². The van der Waals surface area contributed by atoms with Gasteiger partial charge in [0, 0.05) is 0 Å². The summed E-state index contributed by atoms with van der Waals surface area (Å²) in [7, 11) is -0.705. The van der Waals surface area contributed by atoms with E-state index in [1.807, 2.05) is 27.7 Å². The lowest BCUT2D eigenvalue weighted by Crippen LogP contribution is -2.41. The Balaban J connectivity index is 2.17. The van der Waals surface area contributed by atoms with Gasteiger partial charge in [0.1, 0.15) is 17.5 Å². The van der Waals surface area contributed by atoms with E-state index in [0.717, 1.165) is 0 Å². The molecule has 2 heterocycles. The first kappa shape index (κ1) is 14.5. The zero-order chi connectivity index (χ0) is 14.4. The largest absolute Gasteiger partial charge is 0.532 e. The molecule has 1 saturated heterocycles. The normalized spacial score (nSPS) is 23.1. The molecule has 0 saturated carbocycles. The van der Waals surface area contributed by atoms with E-state index in [0.29, 0.717) is 5.66 Å². The van der Waals surface area contributed by atoms with Crippen LogP contribution in [0.25, 0.3) is 0 Å². The topological polar surface area (TPSA) is 57.6 Å². The van der Waals surface area contributed by atoms with Crippen LogP contribution < -0.4 is 11.4 Å². The molecule has 19 heavy (non-hydrogen) atoms. The van der Waals surface area contributed by atoms with Crippen molar-refractivity contribution < 1.29 is 22.5 Å². The number of hydrogen-bond donors (Lipinski definition) is 1. The minimum Gasteiger partial charge on any atom is -0.468 e. The van der Waals surface area contributed by atoms with Gasteiger partial charge < -0.3 is 19.5 Å². The van der Waals surface area contributed by atoms with Crippen LogP contribution in [-0.4, -0.2) is 24.7 Å². The summed E-state index contributed by atoms with van der Waals surface area (Å²) in [6, 6.07) is 1.55. The number of halogens is 2. The highest BCUT2D eigenvalue weighted by Crippen LogP contribution is 2.36. The summed E-state index contributed by atoms with van der Waals surface area (Å²) < 4.78 is 41.8. The third kappa shape index (κ3) is 2.54. The monoisotopic (exact) mass is 273 g/mol. The second-order valence-electron chi connectivity index (χ2n) is 5.69. The lowest BCUT2D eigenvalue weighted by molar-refractivity contribution is 0.00578. The molecular formula is C12H18BF2NO3. The van der Waals surface area contributed by atoms with E-state index in [1.54, 1.807) is 6.07 Å². The van der Waals surface area contributed by atoms with Gasteiger partial charge in [0.25, 0.3) is 6.43 Å². The third-order valence-corrected chi connectivity index (χ3v) is 3.73. The van der Waals surface area contributed by atoms with Crippen molar-refractivity contribution in [1.29, 1.82) is 0 Å². The summed E-state index contributed by atoms with van der Waals surface area (Å²) in [5.41, 5.74) is 4.67. The van der Waals surface area contributed by atoms with E-state index >= 15 is 0 Å². The maximum Gasteiger partial charge on any atom is 0.532 e. The van der Waals surface area contributed by atoms with E-state index < -0.39 is 30.8 Å². The predicted octanol–water partition coefficient (Wildman–Crippen LogP) is 1.84. The van der Waals surface area contributed by atoms with Gasteiger partial charge in [0.05, 0.1) is 11.2 Å². The van der Waals surface area contributed by atoms with Crippen molar-refractivity contribution in [3.63, 3.8) is 0 Å². The fraction of sp³-hybridized carbons (Fsp3) is 0.667. The lowest BCUT2D eigenvalue weighted by Gasteiger charge is -2.32. The molecule has 0 aliphatic carbocycles. The van der Waals surface area contributed by atoms with Gasteiger partial charge in [-0.05, 0) is 39.8 Å². The Labute approximate surface area is 111 Å². The number of hydrogen-bond acceptors (Lipinski definition) is 4. The third-order valence-electron chi connectivity index (χ3n) is 3.73. The van der Waals surface area contributed by atoms with Crippen molar-refractivity contribution in [3.05, 3.63) is 17.9 Å². The van der Waals surface area contributed by atoms with Crippen LogP contribution in [0.5, 0.6) is 0 Å². The standard InChI is InChI=1S/C12H18BF2NO3/c1-11(2)12(3,4)19-13(18-11)8-6-5-7(17-8)9(16)10(14)15/h5-6,9-10H,16H2,1-4H3. The van der Waals surface area contributed by atoms with Crippen molar-refractivity contribution in [2.75, 3.05) is 0 Å². The van der Waals surface area contributed by atoms with Gasteiger partial charge in [-0.25, -0.2) is 8.78 Å². The quantitative estimate of drug-likeness (QED) is 0.854. The molecule has 2 N–H and O–H groups in total. The number of alkyl halides is 2. The fourth-order valence-corrected chi connectivity index (χ4v) is 1.76. The van der Waals surface area contributed by atoms with Crippen LogP contribution in [0.2, 0.25) is 0 Å². The lowest BCUT2D eigenvalue weighted by atomic mass is 9.86. The van der Waals surface area contributed by atoms with Crippen LogP contribution in [0.4, 0.5) is 8.78 Å². The van der Waals surface area contributed by atoms with E-state index in [1.165, 1.54) is 6.07 Å². The SMILES string of the molecule is CC1(C)OB(c2ccc(C(N)C(F)F)o2)OC1(C)C. The van der Waals surface area contributed by atoms with Gasteiger partial charge in [-0.15, -0.1) is 0 Å². The summed E-state index contributed by atoms with van der Waals surface area (Å²) in [6.07, 6.45) is -2.67. The number of rotatable bonds is 3. The molecule has 1 aromatic heterocycles. The average Bonchev–Trinajstić information content (AvgIpc) is 2.81. The van der Waals surface area contributed by atoms with Crippen molar-refractivity contribution in [2.45, 2.75) is 51.4 Å². The van der Waals surface area contributed by atoms with Crippen LogP contribution in [0.15, 0.2) is 16.5 Å². The van der Waals surface area contributed by atoms with Crippen LogP contribution in [-0.2, 0) is 9.31 Å². The first-order valence-electron chi connectivity index (χ1n) is 6.13. The molecule has 2 rings (SSSR count). The van der Waals surface area contributed by atoms with Gasteiger partial charge in [0.2, 0.25) is 0 Å². The van der Waals surface area contributed by atoms with Crippen LogP contribution in [0.1, 0.15) is 39.5 Å². The maximum absolute atomic E-state index is 12.5. The van der Waals surface area contributed by atoms with Gasteiger partial charge in [-0.3, -0.25) is 0 Å². The van der Waals surface area contributed by atoms with Gasteiger partial charge in [-0.1, -0.05) is 0 Å². The van der Waals surface area contributed by atoms with Gasteiger partial charge in [-0.2, -0.15) is 0 Å². The molecule has 1 aliphatic heterocycles. The molecule has 106 valence electrons. The summed E-state index contributed by atoms with van der Waals surface area (Å²) in [5, 5.41) is 0. The van der Waals surface area contributed by atoms with Crippen molar-refractivity contribution >= 4 is 12.8 Å². The summed E-state index contributed by atoms with van der Waals surface area (Å²) in [6.45, 7) is 7.62. The Kier molecular flexibility index (Phi) is 3.49. The molecule has 0 radical (unpaired) electrons. The van der Waals surface area contributed by atoms with Crippen molar-refractivity contribution in [1.82, 2.24) is 0 Å². The first-order chi connectivity index (χ1) is 8.64. The van der Waals surface area contributed by atoms with Crippen molar-refractivity contribution in [3.8, 4) is 0 Å². The minimum absolute atomic E-state index is 0.0275. The summed E-state index contributed by atoms with van der Waals surface area (Å²) in [5.74, 6) is 0.0275. The Morgan fingerprint density at radius 2 is 1.63 bits per heavy atom. The second kappa shape index (κ2) is 4.57. The molecule has 4 nitrogen and oxygen atoms in total. The minimum atomic E-state index is -2.67. The molecule has 1 atom stereocenters. The molecule has 0 amide bonds. The smallest absolute Gasteiger partial charge is 0.468 e. The molecule has 1 aromatic rings.